The lowest BCUT2D eigenvalue weighted by Crippen LogP contribution is -2.43. The predicted octanol–water partition coefficient (Wildman–Crippen LogP) is 1.56. The van der Waals surface area contributed by atoms with Crippen LogP contribution in [0.15, 0.2) is 32.7 Å². The molecule has 2 N–H and O–H groups in total. The lowest BCUT2D eigenvalue weighted by atomic mass is 10.1. The molecule has 0 saturated carbocycles. The van der Waals surface area contributed by atoms with Gasteiger partial charge in [0.2, 0.25) is 5.78 Å². The van der Waals surface area contributed by atoms with Crippen molar-refractivity contribution in [1.29, 1.82) is 0 Å². The molecule has 0 amide bonds. The minimum atomic E-state index is -0.833. The molecule has 2 aromatic rings. The number of nitrogens with two attached hydrogens (primary N) is 1. The fourth-order valence-corrected chi connectivity index (χ4v) is 3.26. The highest BCUT2D eigenvalue weighted by molar-refractivity contribution is 7.98. The number of nitrogen functional groups attached to an aromatic ring is 1. The van der Waals surface area contributed by atoms with Gasteiger partial charge in [-0.2, -0.15) is 0 Å². The summed E-state index contributed by atoms with van der Waals surface area (Å²) in [5.41, 5.74) is 4.29. The van der Waals surface area contributed by atoms with E-state index in [-0.39, 0.29) is 29.4 Å². The maximum Gasteiger partial charge on any atom is 0.342 e. The van der Waals surface area contributed by atoms with Crippen LogP contribution in [0.25, 0.3) is 0 Å². The van der Waals surface area contributed by atoms with Gasteiger partial charge in [-0.25, -0.2) is 9.59 Å². The van der Waals surface area contributed by atoms with Crippen molar-refractivity contribution < 1.29 is 19.1 Å². The highest BCUT2D eigenvalue weighted by Gasteiger charge is 2.24. The largest absolute Gasteiger partial charge is 0.496 e. The molecule has 0 aliphatic rings. The number of ether oxygens (including phenoxy) is 2. The van der Waals surface area contributed by atoms with Crippen LogP contribution in [-0.2, 0) is 18.3 Å². The Bertz CT molecular complexity index is 1090. The van der Waals surface area contributed by atoms with E-state index in [1.54, 1.807) is 12.1 Å². The average molecular weight is 436 g/mol. The second-order valence-corrected chi connectivity index (χ2v) is 7.86. The number of anilines is 1. The molecule has 0 radical (unpaired) electrons. The van der Waals surface area contributed by atoms with Crippen molar-refractivity contribution in [2.75, 3.05) is 25.7 Å². The van der Waals surface area contributed by atoms with Crippen LogP contribution in [0.2, 0.25) is 0 Å². The lowest BCUT2D eigenvalue weighted by Gasteiger charge is -2.16. The van der Waals surface area contributed by atoms with E-state index >= 15 is 0 Å². The zero-order valence-electron chi connectivity index (χ0n) is 17.6. The van der Waals surface area contributed by atoms with E-state index in [1.165, 1.54) is 36.6 Å². The van der Waals surface area contributed by atoms with E-state index < -0.39 is 29.6 Å². The molecular formula is C20H25N3O6S. The Morgan fingerprint density at radius 3 is 2.47 bits per heavy atom. The summed E-state index contributed by atoms with van der Waals surface area (Å²) in [6.07, 6.45) is 1.88. The Balaban J connectivity index is 2.31. The zero-order valence-corrected chi connectivity index (χ0v) is 18.4. The van der Waals surface area contributed by atoms with Crippen molar-refractivity contribution >= 4 is 29.3 Å². The molecule has 0 fully saturated rings. The first-order valence-electron chi connectivity index (χ1n) is 9.14. The molecule has 1 aromatic carbocycles. The molecule has 30 heavy (non-hydrogen) atoms. The molecule has 0 bridgehead atoms. The van der Waals surface area contributed by atoms with Crippen molar-refractivity contribution in [3.63, 3.8) is 0 Å². The van der Waals surface area contributed by atoms with E-state index in [2.05, 4.69) is 0 Å². The summed E-state index contributed by atoms with van der Waals surface area (Å²) in [5.74, 6) is -1.45. The number of Topliss-reactive ketones (excluding diaryl/α,β-unsaturated/α-hetero) is 1. The van der Waals surface area contributed by atoms with Crippen molar-refractivity contribution in [2.45, 2.75) is 25.3 Å². The van der Waals surface area contributed by atoms with Crippen molar-refractivity contribution in [1.82, 2.24) is 9.13 Å². The zero-order chi connectivity index (χ0) is 22.6. The number of carbonyl (C=O) groups excluding carboxylic acids is 2. The quantitative estimate of drug-likeness (QED) is 0.376. The van der Waals surface area contributed by atoms with Gasteiger partial charge in [-0.05, 0) is 30.4 Å². The minimum Gasteiger partial charge on any atom is -0.496 e. The Labute approximate surface area is 177 Å². The molecule has 0 atom stereocenters. The van der Waals surface area contributed by atoms with E-state index in [9.17, 15) is 19.2 Å². The SMILES string of the molecule is COc1cc(SC)ccc1C(=O)OCC(=O)c1c(N)n(CC(C)C)c(=O)n(C)c1=O. The van der Waals surface area contributed by atoms with E-state index in [0.29, 0.717) is 5.75 Å². The second kappa shape index (κ2) is 9.66. The molecular weight excluding hydrogens is 410 g/mol. The van der Waals surface area contributed by atoms with Crippen molar-refractivity contribution in [2.24, 2.45) is 13.0 Å². The van der Waals surface area contributed by atoms with E-state index in [1.807, 2.05) is 20.1 Å². The summed E-state index contributed by atoms with van der Waals surface area (Å²) in [6.45, 7) is 3.27. The predicted molar refractivity (Wildman–Crippen MR) is 115 cm³/mol. The Hall–Kier alpha value is -3.01. The molecule has 1 aromatic heterocycles. The van der Waals surface area contributed by atoms with Gasteiger partial charge >= 0.3 is 11.7 Å². The number of benzene rings is 1. The minimum absolute atomic E-state index is 0.0556. The first-order valence-corrected chi connectivity index (χ1v) is 10.4. The van der Waals surface area contributed by atoms with Gasteiger partial charge < -0.3 is 15.2 Å². The van der Waals surface area contributed by atoms with E-state index in [0.717, 1.165) is 9.46 Å². The fraction of sp³-hybridized carbons (Fsp3) is 0.400. The molecule has 2 rings (SSSR count). The number of nitrogens with zero attached hydrogens (tertiary/aromatic N) is 2. The number of ketones is 1. The summed E-state index contributed by atoms with van der Waals surface area (Å²) < 4.78 is 12.3. The van der Waals surface area contributed by atoms with Crippen LogP contribution in [0.4, 0.5) is 5.82 Å². The van der Waals surface area contributed by atoms with Crippen LogP contribution < -0.4 is 21.7 Å². The van der Waals surface area contributed by atoms with Gasteiger partial charge in [0.05, 0.1) is 7.11 Å². The molecule has 162 valence electrons. The summed E-state index contributed by atoms with van der Waals surface area (Å²) in [7, 11) is 2.69. The molecule has 9 nitrogen and oxygen atoms in total. The number of esters is 1. The fourth-order valence-electron chi connectivity index (χ4n) is 2.84. The van der Waals surface area contributed by atoms with E-state index in [4.69, 9.17) is 15.2 Å². The van der Waals surface area contributed by atoms with Crippen LogP contribution >= 0.6 is 11.8 Å². The Morgan fingerprint density at radius 1 is 1.23 bits per heavy atom. The summed E-state index contributed by atoms with van der Waals surface area (Å²) in [6, 6.07) is 4.94. The Kier molecular flexibility index (Phi) is 7.49. The highest BCUT2D eigenvalue weighted by Crippen LogP contribution is 2.26. The van der Waals surface area contributed by atoms with Gasteiger partial charge in [0, 0.05) is 18.5 Å². The number of hydrogen-bond acceptors (Lipinski definition) is 8. The van der Waals surface area contributed by atoms with Gasteiger partial charge in [-0.3, -0.25) is 18.7 Å². The molecule has 0 aliphatic carbocycles. The molecule has 0 unspecified atom stereocenters. The third-order valence-electron chi connectivity index (χ3n) is 4.37. The van der Waals surface area contributed by atoms with Crippen molar-refractivity contribution in [3.8, 4) is 5.75 Å². The van der Waals surface area contributed by atoms with Gasteiger partial charge in [-0.15, -0.1) is 11.8 Å². The summed E-state index contributed by atoms with van der Waals surface area (Å²) in [4.78, 5) is 50.8. The maximum absolute atomic E-state index is 12.7. The number of hydrogen-bond donors (Lipinski definition) is 1. The van der Waals surface area contributed by atoms with Gasteiger partial charge in [0.15, 0.2) is 6.61 Å². The molecule has 0 saturated heterocycles. The molecule has 0 spiro atoms. The Morgan fingerprint density at radius 2 is 1.90 bits per heavy atom. The smallest absolute Gasteiger partial charge is 0.342 e. The third kappa shape index (κ3) is 4.76. The van der Waals surface area contributed by atoms with Crippen LogP contribution in [-0.4, -0.2) is 40.9 Å². The number of thioether (sulfide) groups is 1. The van der Waals surface area contributed by atoms with Crippen molar-refractivity contribution in [3.05, 3.63) is 50.2 Å². The standard InChI is InChI=1S/C20H25N3O6S/c1-11(2)9-23-17(21)16(18(25)22(3)20(23)27)14(24)10-29-19(26)13-7-6-12(30-5)8-15(13)28-4/h6-8,11H,9-10,21H2,1-5H3. The normalized spacial score (nSPS) is 10.9. The first kappa shape index (κ1) is 23.3. The lowest BCUT2D eigenvalue weighted by molar-refractivity contribution is 0.0471. The van der Waals surface area contributed by atoms with Crippen LogP contribution in [0.3, 0.4) is 0 Å². The van der Waals surface area contributed by atoms with Crippen LogP contribution in [0.1, 0.15) is 34.6 Å². The number of aromatic nitrogens is 2. The van der Waals surface area contributed by atoms with Crippen LogP contribution in [0, 0.1) is 5.92 Å². The van der Waals surface area contributed by atoms with Gasteiger partial charge in [0.1, 0.15) is 22.7 Å². The molecule has 0 aliphatic heterocycles. The second-order valence-electron chi connectivity index (χ2n) is 6.98. The molecule has 1 heterocycles. The average Bonchev–Trinajstić information content (AvgIpc) is 2.72. The topological polar surface area (TPSA) is 123 Å². The molecule has 10 heteroatoms. The highest BCUT2D eigenvalue weighted by atomic mass is 32.2. The number of carbonyl (C=O) groups is 2. The number of rotatable bonds is 8. The summed E-state index contributed by atoms with van der Waals surface area (Å²) in [5, 5.41) is 0. The van der Waals surface area contributed by atoms with Crippen LogP contribution in [0.5, 0.6) is 5.75 Å². The first-order chi connectivity index (χ1) is 14.1. The van der Waals surface area contributed by atoms with Gasteiger partial charge in [0.25, 0.3) is 5.56 Å². The summed E-state index contributed by atoms with van der Waals surface area (Å²) >= 11 is 1.48. The monoisotopic (exact) mass is 435 g/mol. The third-order valence-corrected chi connectivity index (χ3v) is 5.10. The number of methoxy groups -OCH3 is 1. The van der Waals surface area contributed by atoms with Gasteiger partial charge in [-0.1, -0.05) is 13.8 Å². The maximum atomic E-state index is 12.7.